The second-order valence-electron chi connectivity index (χ2n) is 9.67. The van der Waals surface area contributed by atoms with Crippen LogP contribution in [-0.4, -0.2) is 50.3 Å². The number of phenols is 1. The van der Waals surface area contributed by atoms with Gasteiger partial charge in [-0.05, 0) is 73.2 Å². The standard InChI is InChI=1S/C26H29N5O2S/c1-30-9-7-17(12-25(30)33)16-3-6-21(23(32)11-16)22-15-24-26(29-28-22)31(8-2-10-34-24)20-13-18-4-5-19(14-20)27-18/h3,6-7,9,11-12,15,18-20,27,32H,2,4-5,8,10,13-14H2,1H3/t18-,19+,20-. The molecule has 0 amide bonds. The fraction of sp³-hybridized carbons (Fsp3) is 0.423. The average molecular weight is 476 g/mol. The van der Waals surface area contributed by atoms with Crippen molar-refractivity contribution >= 4 is 17.6 Å². The smallest absolute Gasteiger partial charge is 0.250 e. The van der Waals surface area contributed by atoms with E-state index in [9.17, 15) is 9.90 Å². The molecule has 34 heavy (non-hydrogen) atoms. The highest BCUT2D eigenvalue weighted by Gasteiger charge is 2.37. The van der Waals surface area contributed by atoms with E-state index >= 15 is 0 Å². The molecule has 8 heteroatoms. The van der Waals surface area contributed by atoms with E-state index in [-0.39, 0.29) is 11.3 Å². The zero-order valence-electron chi connectivity index (χ0n) is 19.3. The van der Waals surface area contributed by atoms with Crippen molar-refractivity contribution in [2.75, 3.05) is 17.2 Å². The minimum Gasteiger partial charge on any atom is -0.507 e. The number of anilines is 1. The highest BCUT2D eigenvalue weighted by atomic mass is 32.2. The van der Waals surface area contributed by atoms with Gasteiger partial charge < -0.3 is 19.9 Å². The zero-order valence-corrected chi connectivity index (χ0v) is 20.1. The van der Waals surface area contributed by atoms with Gasteiger partial charge >= 0.3 is 0 Å². The van der Waals surface area contributed by atoms with Gasteiger partial charge in [0, 0.05) is 49.5 Å². The van der Waals surface area contributed by atoms with E-state index in [1.54, 1.807) is 25.4 Å². The van der Waals surface area contributed by atoms with E-state index < -0.39 is 0 Å². The molecule has 0 spiro atoms. The molecule has 3 aliphatic rings. The van der Waals surface area contributed by atoms with Gasteiger partial charge in [-0.1, -0.05) is 6.07 Å². The Morgan fingerprint density at radius 3 is 2.62 bits per heavy atom. The molecule has 2 aromatic heterocycles. The molecule has 2 fully saturated rings. The first-order valence-electron chi connectivity index (χ1n) is 12.1. The van der Waals surface area contributed by atoms with Crippen molar-refractivity contribution in [1.82, 2.24) is 20.1 Å². The molecular weight excluding hydrogens is 446 g/mol. The second kappa shape index (κ2) is 8.74. The van der Waals surface area contributed by atoms with Crippen molar-refractivity contribution in [3.63, 3.8) is 0 Å². The van der Waals surface area contributed by atoms with Crippen LogP contribution in [0.3, 0.4) is 0 Å². The fourth-order valence-corrected chi connectivity index (χ4v) is 6.60. The summed E-state index contributed by atoms with van der Waals surface area (Å²) in [6, 6.07) is 12.8. The van der Waals surface area contributed by atoms with Crippen molar-refractivity contribution in [2.24, 2.45) is 7.05 Å². The summed E-state index contributed by atoms with van der Waals surface area (Å²) in [5.41, 5.74) is 2.81. The minimum absolute atomic E-state index is 0.0824. The quantitative estimate of drug-likeness (QED) is 0.596. The molecule has 176 valence electrons. The summed E-state index contributed by atoms with van der Waals surface area (Å²) in [5.74, 6) is 2.19. The normalized spacial score (nSPS) is 24.0. The van der Waals surface area contributed by atoms with Crippen LogP contribution in [0.25, 0.3) is 22.4 Å². The van der Waals surface area contributed by atoms with E-state index in [0.717, 1.165) is 40.6 Å². The van der Waals surface area contributed by atoms with Crippen molar-refractivity contribution in [1.29, 1.82) is 0 Å². The first kappa shape index (κ1) is 21.7. The number of thioether (sulfide) groups is 1. The van der Waals surface area contributed by atoms with E-state index in [1.807, 2.05) is 30.0 Å². The Hall–Kier alpha value is -2.84. The minimum atomic E-state index is -0.0824. The number of rotatable bonds is 3. The number of fused-ring (bicyclic) bond motifs is 3. The van der Waals surface area contributed by atoms with E-state index in [0.29, 0.717) is 29.4 Å². The van der Waals surface area contributed by atoms with Crippen LogP contribution in [0.15, 0.2) is 52.3 Å². The lowest BCUT2D eigenvalue weighted by molar-refractivity contribution is 0.345. The maximum absolute atomic E-state index is 12.0. The lowest BCUT2D eigenvalue weighted by Gasteiger charge is -2.38. The molecule has 3 atom stereocenters. The summed E-state index contributed by atoms with van der Waals surface area (Å²) >= 11 is 1.83. The maximum atomic E-state index is 12.0. The number of phenolic OH excluding ortho intramolecular Hbond substituents is 1. The van der Waals surface area contributed by atoms with Crippen molar-refractivity contribution in [3.8, 4) is 28.1 Å². The van der Waals surface area contributed by atoms with Crippen LogP contribution in [0, 0.1) is 0 Å². The summed E-state index contributed by atoms with van der Waals surface area (Å²) in [6.45, 7) is 1.02. The third-order valence-electron chi connectivity index (χ3n) is 7.41. The number of aromatic nitrogens is 3. The van der Waals surface area contributed by atoms with Crippen LogP contribution in [0.2, 0.25) is 0 Å². The SMILES string of the molecule is Cn1ccc(-c2ccc(-c3cc4c(nn3)N([C@@H]3C[C@H]5CC[C@@H](C3)N5)CCCS4)c(O)c2)cc1=O. The fourth-order valence-electron chi connectivity index (χ4n) is 5.62. The predicted octanol–water partition coefficient (Wildman–Crippen LogP) is 3.80. The molecule has 3 aromatic rings. The van der Waals surface area contributed by atoms with E-state index in [1.165, 1.54) is 30.3 Å². The molecule has 2 bridgehead atoms. The zero-order chi connectivity index (χ0) is 23.2. The van der Waals surface area contributed by atoms with Gasteiger partial charge in [0.05, 0.1) is 10.6 Å². The Balaban J connectivity index is 1.31. The molecule has 2 N–H and O–H groups in total. The van der Waals surface area contributed by atoms with Crippen LogP contribution in [0.1, 0.15) is 32.1 Å². The lowest BCUT2D eigenvalue weighted by atomic mass is 9.98. The lowest BCUT2D eigenvalue weighted by Crippen LogP contribution is -2.49. The molecule has 6 rings (SSSR count). The molecule has 0 radical (unpaired) electrons. The molecule has 5 heterocycles. The van der Waals surface area contributed by atoms with Gasteiger partial charge in [0.2, 0.25) is 0 Å². The Morgan fingerprint density at radius 1 is 1.06 bits per heavy atom. The predicted molar refractivity (Wildman–Crippen MR) is 135 cm³/mol. The highest BCUT2D eigenvalue weighted by Crippen LogP contribution is 2.40. The number of piperidine rings is 1. The number of nitrogens with zero attached hydrogens (tertiary/aromatic N) is 4. The first-order chi connectivity index (χ1) is 16.5. The van der Waals surface area contributed by atoms with Crippen molar-refractivity contribution < 1.29 is 5.11 Å². The molecule has 2 saturated heterocycles. The van der Waals surface area contributed by atoms with Gasteiger partial charge in [-0.3, -0.25) is 4.79 Å². The third kappa shape index (κ3) is 3.99. The Bertz CT molecular complexity index is 1280. The monoisotopic (exact) mass is 475 g/mol. The van der Waals surface area contributed by atoms with Crippen molar-refractivity contribution in [2.45, 2.75) is 55.1 Å². The molecule has 0 unspecified atom stereocenters. The first-order valence-corrected chi connectivity index (χ1v) is 13.1. The molecular formula is C26H29N5O2S. The highest BCUT2D eigenvalue weighted by molar-refractivity contribution is 7.99. The molecule has 0 aliphatic carbocycles. The largest absolute Gasteiger partial charge is 0.507 e. The summed E-state index contributed by atoms with van der Waals surface area (Å²) < 4.78 is 1.53. The van der Waals surface area contributed by atoms with E-state index in [4.69, 9.17) is 5.10 Å². The van der Waals surface area contributed by atoms with Gasteiger partial charge in [-0.15, -0.1) is 22.0 Å². The van der Waals surface area contributed by atoms with Gasteiger partial charge in [0.1, 0.15) is 5.75 Å². The molecule has 1 aromatic carbocycles. The number of benzene rings is 1. The summed E-state index contributed by atoms with van der Waals surface area (Å²) in [6.07, 6.45) is 7.79. The third-order valence-corrected chi connectivity index (χ3v) is 8.52. The van der Waals surface area contributed by atoms with Gasteiger partial charge in [-0.25, -0.2) is 0 Å². The van der Waals surface area contributed by atoms with E-state index in [2.05, 4.69) is 21.4 Å². The molecule has 3 aliphatic heterocycles. The van der Waals surface area contributed by atoms with Crippen LogP contribution in [0.4, 0.5) is 5.82 Å². The maximum Gasteiger partial charge on any atom is 0.250 e. The van der Waals surface area contributed by atoms with Gasteiger partial charge in [-0.2, -0.15) is 0 Å². The Labute approximate surface area is 203 Å². The van der Waals surface area contributed by atoms with Crippen LogP contribution < -0.4 is 15.8 Å². The Kier molecular flexibility index (Phi) is 5.57. The molecule has 7 nitrogen and oxygen atoms in total. The van der Waals surface area contributed by atoms with Crippen LogP contribution in [-0.2, 0) is 7.05 Å². The van der Waals surface area contributed by atoms with Crippen LogP contribution in [0.5, 0.6) is 5.75 Å². The summed E-state index contributed by atoms with van der Waals surface area (Å²) in [5, 5.41) is 23.8. The van der Waals surface area contributed by atoms with Gasteiger partial charge in [0.15, 0.2) is 5.82 Å². The topological polar surface area (TPSA) is 83.3 Å². The summed E-state index contributed by atoms with van der Waals surface area (Å²) in [7, 11) is 1.72. The number of hydrogen-bond acceptors (Lipinski definition) is 7. The Morgan fingerprint density at radius 2 is 1.85 bits per heavy atom. The van der Waals surface area contributed by atoms with Crippen molar-refractivity contribution in [3.05, 3.63) is 52.9 Å². The number of aryl methyl sites for hydroxylation is 1. The second-order valence-corrected chi connectivity index (χ2v) is 10.8. The number of hydrogen-bond donors (Lipinski definition) is 2. The van der Waals surface area contributed by atoms with Crippen LogP contribution >= 0.6 is 11.8 Å². The summed E-state index contributed by atoms with van der Waals surface area (Å²) in [4.78, 5) is 15.6. The average Bonchev–Trinajstić information content (AvgIpc) is 3.04. The number of aromatic hydroxyl groups is 1. The number of nitrogens with one attached hydrogen (secondary N) is 1. The number of pyridine rings is 1. The van der Waals surface area contributed by atoms with Gasteiger partial charge in [0.25, 0.3) is 5.56 Å². The molecule has 0 saturated carbocycles.